The molecule has 4 aliphatic rings. The molecule has 1 amide bonds. The number of likely N-dealkylation sites (tertiary alicyclic amines) is 1. The molecule has 1 aromatic carbocycles. The maximum Gasteiger partial charge on any atom is 0.419 e. The minimum Gasteiger partial charge on any atom is -0.381 e. The second-order valence-electron chi connectivity index (χ2n) is 10.4. The van der Waals surface area contributed by atoms with Gasteiger partial charge >= 0.3 is 6.18 Å². The molecule has 188 valence electrons. The van der Waals surface area contributed by atoms with Gasteiger partial charge in [0, 0.05) is 30.7 Å². The summed E-state index contributed by atoms with van der Waals surface area (Å²) < 4.78 is 59.6. The monoisotopic (exact) mass is 493 g/mol. The van der Waals surface area contributed by atoms with E-state index in [1.54, 1.807) is 11.1 Å². The Morgan fingerprint density at radius 2 is 1.97 bits per heavy atom. The molecule has 1 N–H and O–H groups in total. The maximum absolute atomic E-state index is 14.6. The van der Waals surface area contributed by atoms with E-state index in [1.165, 1.54) is 13.0 Å². The lowest BCUT2D eigenvalue weighted by Gasteiger charge is -2.48. The van der Waals surface area contributed by atoms with Gasteiger partial charge in [0.15, 0.2) is 5.84 Å². The number of nitrogens with zero attached hydrogens (tertiary/aromatic N) is 4. The lowest BCUT2D eigenvalue weighted by Crippen LogP contribution is -2.59. The van der Waals surface area contributed by atoms with Crippen molar-refractivity contribution in [2.75, 3.05) is 32.8 Å². The standard InChI is InChI=1S/C24H27F4N5O2/c1-14(15-5-4-6-17(19(15)25)24(26,27)28)29-21(34)16-9-18(31-33-10-22(2,3)30-20(16)33)32-11-23(12-32)7-8-35-13-23/h4-6,9,14H,7-8,10-13H2,1-3H3,(H,29,34)/t14-/m1/s1. The number of carbonyl (C=O) groups excluding carboxylic acids is 1. The minimum atomic E-state index is -4.83. The van der Waals surface area contributed by atoms with Crippen LogP contribution >= 0.6 is 0 Å². The second kappa shape index (κ2) is 8.04. The van der Waals surface area contributed by atoms with E-state index >= 15 is 0 Å². The molecule has 4 heterocycles. The third-order valence-corrected chi connectivity index (χ3v) is 6.88. The molecular weight excluding hydrogens is 466 g/mol. The van der Waals surface area contributed by atoms with Crippen LogP contribution in [0.4, 0.5) is 17.6 Å². The number of rotatable bonds is 3. The van der Waals surface area contributed by atoms with Crippen molar-refractivity contribution in [2.45, 2.75) is 44.9 Å². The van der Waals surface area contributed by atoms with Gasteiger partial charge in [-0.1, -0.05) is 12.1 Å². The number of ether oxygens (including phenoxy) is 1. The highest BCUT2D eigenvalue weighted by Gasteiger charge is 2.48. The Labute approximate surface area is 200 Å². The van der Waals surface area contributed by atoms with Crippen molar-refractivity contribution >= 4 is 17.6 Å². The van der Waals surface area contributed by atoms with Crippen LogP contribution in [0.2, 0.25) is 0 Å². The average Bonchev–Trinajstić information content (AvgIpc) is 3.34. The van der Waals surface area contributed by atoms with Crippen molar-refractivity contribution in [2.24, 2.45) is 15.5 Å². The number of carbonyl (C=O) groups is 1. The number of halogens is 4. The van der Waals surface area contributed by atoms with Crippen LogP contribution in [0.3, 0.4) is 0 Å². The van der Waals surface area contributed by atoms with Crippen molar-refractivity contribution < 1.29 is 27.1 Å². The Bertz CT molecular complexity index is 1140. The lowest BCUT2D eigenvalue weighted by molar-refractivity contribution is -0.140. The predicted octanol–water partition coefficient (Wildman–Crippen LogP) is 3.49. The Balaban J connectivity index is 1.39. The highest BCUT2D eigenvalue weighted by Crippen LogP contribution is 2.40. The number of alkyl halides is 3. The van der Waals surface area contributed by atoms with Gasteiger partial charge in [0.25, 0.3) is 5.91 Å². The van der Waals surface area contributed by atoms with Crippen LogP contribution in [0.25, 0.3) is 0 Å². The summed E-state index contributed by atoms with van der Waals surface area (Å²) in [6.45, 7) is 8.78. The quantitative estimate of drug-likeness (QED) is 0.655. The lowest BCUT2D eigenvalue weighted by atomic mass is 9.79. The molecule has 7 nitrogen and oxygen atoms in total. The van der Waals surface area contributed by atoms with Gasteiger partial charge in [-0.2, -0.15) is 18.3 Å². The Hall–Kier alpha value is -2.95. The summed E-state index contributed by atoms with van der Waals surface area (Å²) in [6.07, 6.45) is -2.19. The first-order valence-corrected chi connectivity index (χ1v) is 11.5. The molecule has 0 aliphatic carbocycles. The van der Waals surface area contributed by atoms with Crippen LogP contribution in [-0.4, -0.2) is 65.9 Å². The molecule has 0 unspecified atom stereocenters. The molecule has 1 spiro atoms. The van der Waals surface area contributed by atoms with Crippen LogP contribution in [0.15, 0.2) is 39.9 Å². The number of hydrazone groups is 1. The summed E-state index contributed by atoms with van der Waals surface area (Å²) in [5, 5.41) is 9.05. The largest absolute Gasteiger partial charge is 0.419 e. The van der Waals surface area contributed by atoms with E-state index in [4.69, 9.17) is 9.84 Å². The van der Waals surface area contributed by atoms with E-state index in [9.17, 15) is 22.4 Å². The summed E-state index contributed by atoms with van der Waals surface area (Å²) in [4.78, 5) is 20.1. The number of nitrogens with one attached hydrogen (secondary N) is 1. The highest BCUT2D eigenvalue weighted by atomic mass is 19.4. The topological polar surface area (TPSA) is 69.5 Å². The number of hydrogen-bond acceptors (Lipinski definition) is 6. The third kappa shape index (κ3) is 4.30. The number of amidine groups is 2. The van der Waals surface area contributed by atoms with Crippen LogP contribution in [-0.2, 0) is 15.7 Å². The van der Waals surface area contributed by atoms with Crippen LogP contribution in [0, 0.1) is 11.2 Å². The SMILES string of the molecule is C[C@@H](NC(=O)C1=CC(N2CC3(CCOC3)C2)=NN2CC(C)(C)N=C12)c1cccc(C(F)(F)F)c1F. The van der Waals surface area contributed by atoms with E-state index < -0.39 is 35.0 Å². The maximum atomic E-state index is 14.6. The summed E-state index contributed by atoms with van der Waals surface area (Å²) in [7, 11) is 0. The number of aliphatic imine (C=N–C) groups is 1. The van der Waals surface area contributed by atoms with Crippen molar-refractivity contribution in [1.29, 1.82) is 0 Å². The molecule has 0 radical (unpaired) electrons. The van der Waals surface area contributed by atoms with Gasteiger partial charge in [-0.15, -0.1) is 0 Å². The van der Waals surface area contributed by atoms with E-state index in [-0.39, 0.29) is 16.6 Å². The second-order valence-corrected chi connectivity index (χ2v) is 10.4. The fourth-order valence-electron chi connectivity index (χ4n) is 5.05. The van der Waals surface area contributed by atoms with Crippen molar-refractivity contribution in [3.63, 3.8) is 0 Å². The van der Waals surface area contributed by atoms with Crippen molar-refractivity contribution in [3.8, 4) is 0 Å². The summed E-state index contributed by atoms with van der Waals surface area (Å²) >= 11 is 0. The number of benzene rings is 1. The highest BCUT2D eigenvalue weighted by molar-refractivity contribution is 6.25. The Morgan fingerprint density at radius 1 is 1.23 bits per heavy atom. The molecule has 2 fully saturated rings. The molecule has 35 heavy (non-hydrogen) atoms. The van der Waals surface area contributed by atoms with Gasteiger partial charge in [0.05, 0.1) is 35.9 Å². The minimum absolute atomic E-state index is 0.118. The molecule has 0 bridgehead atoms. The van der Waals surface area contributed by atoms with Crippen molar-refractivity contribution in [3.05, 3.63) is 46.8 Å². The van der Waals surface area contributed by atoms with Gasteiger partial charge in [-0.05, 0) is 39.3 Å². The zero-order chi connectivity index (χ0) is 25.2. The van der Waals surface area contributed by atoms with Crippen LogP contribution < -0.4 is 5.32 Å². The summed E-state index contributed by atoms with van der Waals surface area (Å²) in [5.41, 5.74) is -1.70. The van der Waals surface area contributed by atoms with Gasteiger partial charge in [-0.3, -0.25) is 9.79 Å². The zero-order valence-electron chi connectivity index (χ0n) is 19.7. The molecule has 5 rings (SSSR count). The van der Waals surface area contributed by atoms with Crippen LogP contribution in [0.1, 0.15) is 44.4 Å². The first-order chi connectivity index (χ1) is 16.4. The first kappa shape index (κ1) is 23.8. The van der Waals surface area contributed by atoms with Gasteiger partial charge in [0.2, 0.25) is 0 Å². The summed E-state index contributed by atoms with van der Waals surface area (Å²) in [5.74, 6) is -0.921. The summed E-state index contributed by atoms with van der Waals surface area (Å²) in [6, 6.07) is 2.05. The zero-order valence-corrected chi connectivity index (χ0v) is 19.7. The molecular formula is C24H27F4N5O2. The molecule has 4 aliphatic heterocycles. The van der Waals surface area contributed by atoms with Crippen LogP contribution in [0.5, 0.6) is 0 Å². The Kier molecular flexibility index (Phi) is 5.46. The fraction of sp³-hybridized carbons (Fsp3) is 0.542. The predicted molar refractivity (Wildman–Crippen MR) is 121 cm³/mol. The fourth-order valence-corrected chi connectivity index (χ4v) is 5.05. The smallest absolute Gasteiger partial charge is 0.381 e. The van der Waals surface area contributed by atoms with E-state index in [0.717, 1.165) is 32.2 Å². The third-order valence-electron chi connectivity index (χ3n) is 6.88. The number of fused-ring (bicyclic) bond motifs is 1. The molecule has 1 atom stereocenters. The van der Waals surface area contributed by atoms with E-state index in [1.807, 2.05) is 13.8 Å². The normalized spacial score (nSPS) is 23.3. The van der Waals surface area contributed by atoms with Gasteiger partial charge in [0.1, 0.15) is 11.7 Å². The van der Waals surface area contributed by atoms with Gasteiger partial charge in [-0.25, -0.2) is 9.40 Å². The van der Waals surface area contributed by atoms with E-state index in [2.05, 4.69) is 15.2 Å². The number of amides is 1. The Morgan fingerprint density at radius 3 is 2.63 bits per heavy atom. The first-order valence-electron chi connectivity index (χ1n) is 11.5. The number of hydrogen-bond donors (Lipinski definition) is 1. The van der Waals surface area contributed by atoms with Crippen molar-refractivity contribution in [1.82, 2.24) is 15.2 Å². The average molecular weight is 494 g/mol. The van der Waals surface area contributed by atoms with Gasteiger partial charge < -0.3 is 15.0 Å². The molecule has 2 saturated heterocycles. The molecule has 11 heteroatoms. The molecule has 1 aromatic rings. The van der Waals surface area contributed by atoms with E-state index in [0.29, 0.717) is 30.9 Å². The molecule has 0 aromatic heterocycles. The molecule has 0 saturated carbocycles.